The van der Waals surface area contributed by atoms with Crippen molar-refractivity contribution in [3.8, 4) is 28.2 Å². The molecule has 1 amide bonds. The number of rotatable bonds is 7. The van der Waals surface area contributed by atoms with Gasteiger partial charge in [-0.2, -0.15) is 0 Å². The first-order valence-corrected chi connectivity index (χ1v) is 11.8. The maximum absolute atomic E-state index is 12.6. The van der Waals surface area contributed by atoms with Crippen molar-refractivity contribution < 1.29 is 4.79 Å². The quantitative estimate of drug-likeness (QED) is 0.336. The Morgan fingerprint density at radius 1 is 0.882 bits per heavy atom. The van der Waals surface area contributed by atoms with E-state index in [1.807, 2.05) is 62.6 Å². The number of benzene rings is 3. The van der Waals surface area contributed by atoms with Gasteiger partial charge in [0.2, 0.25) is 0 Å². The van der Waals surface area contributed by atoms with Gasteiger partial charge in [-0.25, -0.2) is 0 Å². The number of carbonyl (C=O) groups is 1. The standard InChI is InChI=1S/C29H30ClN3O/c1-20-7-5-6-8-26(20)33-27(17-18-28(33)23-13-15-25(30)16-14-23)22-9-11-24(12-10-22)29(34)31-19-21(2)32(3)4/h5-18,21H,19H2,1-4H3,(H,31,34)/t21-/m0/s1. The summed E-state index contributed by atoms with van der Waals surface area (Å²) in [4.78, 5) is 14.7. The molecule has 4 aromatic rings. The molecule has 0 aliphatic rings. The summed E-state index contributed by atoms with van der Waals surface area (Å²) in [6, 6.07) is 28.6. The van der Waals surface area contributed by atoms with Crippen molar-refractivity contribution >= 4 is 17.5 Å². The van der Waals surface area contributed by atoms with Crippen molar-refractivity contribution in [2.75, 3.05) is 20.6 Å². The Bertz CT molecular complexity index is 1270. The highest BCUT2D eigenvalue weighted by molar-refractivity contribution is 6.30. The largest absolute Gasteiger partial charge is 0.350 e. The van der Waals surface area contributed by atoms with Crippen molar-refractivity contribution in [2.45, 2.75) is 19.9 Å². The average molecular weight is 472 g/mol. The molecule has 1 N–H and O–H groups in total. The second kappa shape index (κ2) is 10.3. The molecule has 0 aliphatic carbocycles. The minimum Gasteiger partial charge on any atom is -0.350 e. The van der Waals surface area contributed by atoms with E-state index in [2.05, 4.69) is 65.0 Å². The zero-order chi connectivity index (χ0) is 24.2. The van der Waals surface area contributed by atoms with Crippen molar-refractivity contribution in [1.82, 2.24) is 14.8 Å². The van der Waals surface area contributed by atoms with Gasteiger partial charge in [-0.15, -0.1) is 0 Å². The van der Waals surface area contributed by atoms with Crippen LogP contribution in [-0.4, -0.2) is 42.1 Å². The van der Waals surface area contributed by atoms with E-state index in [-0.39, 0.29) is 11.9 Å². The van der Waals surface area contributed by atoms with Gasteiger partial charge >= 0.3 is 0 Å². The summed E-state index contributed by atoms with van der Waals surface area (Å²) in [5.74, 6) is -0.0589. The van der Waals surface area contributed by atoms with E-state index in [0.717, 1.165) is 28.2 Å². The molecule has 0 fully saturated rings. The highest BCUT2D eigenvalue weighted by atomic mass is 35.5. The van der Waals surface area contributed by atoms with Crippen LogP contribution in [-0.2, 0) is 0 Å². The molecule has 174 valence electrons. The van der Waals surface area contributed by atoms with E-state index in [0.29, 0.717) is 17.1 Å². The summed E-state index contributed by atoms with van der Waals surface area (Å²) in [5.41, 5.74) is 7.23. The predicted molar refractivity (Wildman–Crippen MR) is 142 cm³/mol. The molecule has 1 aromatic heterocycles. The fraction of sp³-hybridized carbons (Fsp3) is 0.207. The van der Waals surface area contributed by atoms with Gasteiger partial charge in [-0.05, 0) is 87.1 Å². The molecule has 0 radical (unpaired) electrons. The number of hydrogen-bond donors (Lipinski definition) is 1. The molecule has 1 heterocycles. The molecule has 5 heteroatoms. The molecule has 4 nitrogen and oxygen atoms in total. The summed E-state index contributed by atoms with van der Waals surface area (Å²) >= 11 is 6.14. The number of hydrogen-bond acceptors (Lipinski definition) is 2. The van der Waals surface area contributed by atoms with Crippen LogP contribution in [0.15, 0.2) is 84.9 Å². The first-order chi connectivity index (χ1) is 16.3. The third-order valence-corrected chi connectivity index (χ3v) is 6.51. The first kappa shape index (κ1) is 23.8. The van der Waals surface area contributed by atoms with Crippen LogP contribution in [0.1, 0.15) is 22.8 Å². The Labute approximate surface area is 206 Å². The Kier molecular flexibility index (Phi) is 7.20. The minimum atomic E-state index is -0.0589. The Hall–Kier alpha value is -3.34. The number of para-hydroxylation sites is 1. The van der Waals surface area contributed by atoms with E-state index in [9.17, 15) is 4.79 Å². The minimum absolute atomic E-state index is 0.0589. The predicted octanol–water partition coefficient (Wildman–Crippen LogP) is 6.45. The number of halogens is 1. The van der Waals surface area contributed by atoms with E-state index in [1.54, 1.807) is 0 Å². The molecule has 34 heavy (non-hydrogen) atoms. The van der Waals surface area contributed by atoms with Crippen molar-refractivity contribution in [3.63, 3.8) is 0 Å². The van der Waals surface area contributed by atoms with Crippen LogP contribution < -0.4 is 5.32 Å². The van der Waals surface area contributed by atoms with Crippen molar-refractivity contribution in [3.05, 3.63) is 101 Å². The lowest BCUT2D eigenvalue weighted by molar-refractivity contribution is 0.0943. The molecular weight excluding hydrogens is 442 g/mol. The van der Waals surface area contributed by atoms with Gasteiger partial charge < -0.3 is 14.8 Å². The number of nitrogens with one attached hydrogen (secondary N) is 1. The zero-order valence-corrected chi connectivity index (χ0v) is 20.8. The van der Waals surface area contributed by atoms with Crippen LogP contribution in [0.2, 0.25) is 5.02 Å². The van der Waals surface area contributed by atoms with Crippen LogP contribution in [0.25, 0.3) is 28.2 Å². The molecule has 4 rings (SSSR count). The van der Waals surface area contributed by atoms with Gasteiger partial charge in [0.15, 0.2) is 0 Å². The van der Waals surface area contributed by atoms with Crippen LogP contribution in [0.3, 0.4) is 0 Å². The Morgan fingerprint density at radius 2 is 1.44 bits per heavy atom. The number of likely N-dealkylation sites (N-methyl/N-ethyl adjacent to an activating group) is 1. The van der Waals surface area contributed by atoms with Crippen molar-refractivity contribution in [1.29, 1.82) is 0 Å². The monoisotopic (exact) mass is 471 g/mol. The Balaban J connectivity index is 1.70. The molecule has 3 aromatic carbocycles. The number of carbonyl (C=O) groups excluding carboxylic acids is 1. The van der Waals surface area contributed by atoms with Crippen LogP contribution in [0.4, 0.5) is 0 Å². The highest BCUT2D eigenvalue weighted by Crippen LogP contribution is 2.34. The molecule has 0 bridgehead atoms. The van der Waals surface area contributed by atoms with Gasteiger partial charge in [-0.3, -0.25) is 4.79 Å². The summed E-state index contributed by atoms with van der Waals surface area (Å²) < 4.78 is 2.27. The molecule has 0 spiro atoms. The lowest BCUT2D eigenvalue weighted by Crippen LogP contribution is -2.38. The van der Waals surface area contributed by atoms with Crippen molar-refractivity contribution in [2.24, 2.45) is 0 Å². The highest BCUT2D eigenvalue weighted by Gasteiger charge is 2.16. The molecule has 0 saturated carbocycles. The molecular formula is C29H30ClN3O. The van der Waals surface area contributed by atoms with E-state index in [4.69, 9.17) is 11.6 Å². The molecule has 0 unspecified atom stereocenters. The van der Waals surface area contributed by atoms with E-state index in [1.165, 1.54) is 5.56 Å². The Morgan fingerprint density at radius 3 is 2.00 bits per heavy atom. The fourth-order valence-electron chi connectivity index (χ4n) is 3.90. The second-order valence-corrected chi connectivity index (χ2v) is 9.27. The van der Waals surface area contributed by atoms with Crippen LogP contribution >= 0.6 is 11.6 Å². The summed E-state index contributed by atoms with van der Waals surface area (Å²) in [7, 11) is 4.01. The first-order valence-electron chi connectivity index (χ1n) is 11.4. The number of amides is 1. The lowest BCUT2D eigenvalue weighted by Gasteiger charge is -2.20. The maximum Gasteiger partial charge on any atom is 0.251 e. The van der Waals surface area contributed by atoms with Gasteiger partial charge in [-0.1, -0.05) is 54.1 Å². The van der Waals surface area contributed by atoms with E-state index < -0.39 is 0 Å². The summed E-state index contributed by atoms with van der Waals surface area (Å²) in [6.07, 6.45) is 0. The maximum atomic E-state index is 12.6. The molecule has 0 saturated heterocycles. The smallest absolute Gasteiger partial charge is 0.251 e. The van der Waals surface area contributed by atoms with Gasteiger partial charge in [0.25, 0.3) is 5.91 Å². The van der Waals surface area contributed by atoms with Gasteiger partial charge in [0.1, 0.15) is 0 Å². The van der Waals surface area contributed by atoms with Gasteiger partial charge in [0, 0.05) is 28.9 Å². The second-order valence-electron chi connectivity index (χ2n) is 8.83. The lowest BCUT2D eigenvalue weighted by atomic mass is 10.1. The van der Waals surface area contributed by atoms with Crippen LogP contribution in [0.5, 0.6) is 0 Å². The van der Waals surface area contributed by atoms with E-state index >= 15 is 0 Å². The molecule has 0 aliphatic heterocycles. The third-order valence-electron chi connectivity index (χ3n) is 6.26. The summed E-state index contributed by atoms with van der Waals surface area (Å²) in [6.45, 7) is 4.81. The topological polar surface area (TPSA) is 37.3 Å². The fourth-order valence-corrected chi connectivity index (χ4v) is 4.03. The third kappa shape index (κ3) is 5.09. The summed E-state index contributed by atoms with van der Waals surface area (Å²) in [5, 5.41) is 3.73. The zero-order valence-electron chi connectivity index (χ0n) is 20.0. The number of nitrogens with zero attached hydrogens (tertiary/aromatic N) is 2. The SMILES string of the molecule is Cc1ccccc1-n1c(-c2ccc(Cl)cc2)ccc1-c1ccc(C(=O)NC[C@H](C)N(C)C)cc1. The van der Waals surface area contributed by atoms with Gasteiger partial charge in [0.05, 0.1) is 11.4 Å². The molecule has 1 atom stereocenters. The number of aromatic nitrogens is 1. The normalized spacial score (nSPS) is 12.1. The van der Waals surface area contributed by atoms with Crippen LogP contribution in [0, 0.1) is 6.92 Å². The number of aryl methyl sites for hydroxylation is 1. The average Bonchev–Trinajstić information content (AvgIpc) is 3.28.